The van der Waals surface area contributed by atoms with Gasteiger partial charge in [-0.3, -0.25) is 14.5 Å². The molecule has 4 heterocycles. The fourth-order valence-electron chi connectivity index (χ4n) is 4.68. The number of rotatable bonds is 3. The summed E-state index contributed by atoms with van der Waals surface area (Å²) >= 11 is 6.55. The van der Waals surface area contributed by atoms with E-state index in [2.05, 4.69) is 20.1 Å². The minimum absolute atomic E-state index is 0.0177. The highest BCUT2D eigenvalue weighted by Gasteiger charge is 2.37. The highest BCUT2D eigenvalue weighted by Crippen LogP contribution is 2.38. The molecule has 194 valence electrons. The van der Waals surface area contributed by atoms with Crippen LogP contribution in [0.15, 0.2) is 36.8 Å². The van der Waals surface area contributed by atoms with Crippen molar-refractivity contribution >= 4 is 17.5 Å². The van der Waals surface area contributed by atoms with Crippen molar-refractivity contribution in [3.63, 3.8) is 0 Å². The lowest BCUT2D eigenvalue weighted by atomic mass is 9.96. The molecule has 13 heteroatoms. The molecule has 1 aliphatic rings. The summed E-state index contributed by atoms with van der Waals surface area (Å²) in [7, 11) is 1.58. The van der Waals surface area contributed by atoms with Crippen molar-refractivity contribution in [3.8, 4) is 28.6 Å². The molecule has 0 saturated carbocycles. The highest BCUT2D eigenvalue weighted by atomic mass is 35.5. The molecule has 1 atom stereocenters. The van der Waals surface area contributed by atoms with E-state index < -0.39 is 29.6 Å². The van der Waals surface area contributed by atoms with Gasteiger partial charge in [0.15, 0.2) is 5.69 Å². The predicted octanol–water partition coefficient (Wildman–Crippen LogP) is 5.31. The Morgan fingerprint density at radius 3 is 2.71 bits per heavy atom. The first-order chi connectivity index (χ1) is 18.0. The molecule has 0 spiro atoms. The van der Waals surface area contributed by atoms with Crippen LogP contribution in [0.1, 0.15) is 46.0 Å². The number of aryl methyl sites for hydroxylation is 1. The third-order valence-corrected chi connectivity index (χ3v) is 6.86. The maximum absolute atomic E-state index is 14.6. The fraction of sp³-hybridized carbons (Fsp3) is 0.240. The number of benzene rings is 1. The maximum Gasteiger partial charge on any atom is 0.434 e. The highest BCUT2D eigenvalue weighted by molar-refractivity contribution is 6.36. The SMILES string of the molecule is C[C@H]1c2nn(C)c(-c3cncc(C(F)(F)F)n3)c2CCN1C(=O)c1cc(F)cc(-c2c[nH]c(C#N)c2)c1Cl. The van der Waals surface area contributed by atoms with Crippen LogP contribution in [0.4, 0.5) is 17.6 Å². The van der Waals surface area contributed by atoms with Crippen LogP contribution in [0.2, 0.25) is 5.02 Å². The van der Waals surface area contributed by atoms with E-state index in [0.29, 0.717) is 28.7 Å². The van der Waals surface area contributed by atoms with Gasteiger partial charge >= 0.3 is 6.18 Å². The number of alkyl halides is 3. The van der Waals surface area contributed by atoms with Gasteiger partial charge in [0, 0.05) is 36.5 Å². The van der Waals surface area contributed by atoms with Crippen molar-refractivity contribution in [2.45, 2.75) is 25.6 Å². The van der Waals surface area contributed by atoms with Gasteiger partial charge in [-0.1, -0.05) is 11.6 Å². The van der Waals surface area contributed by atoms with E-state index in [-0.39, 0.29) is 40.5 Å². The number of hydrogen-bond acceptors (Lipinski definition) is 5. The van der Waals surface area contributed by atoms with Crippen molar-refractivity contribution in [2.24, 2.45) is 7.05 Å². The third-order valence-electron chi connectivity index (χ3n) is 6.45. The number of amides is 1. The van der Waals surface area contributed by atoms with Crippen molar-refractivity contribution in [1.29, 1.82) is 5.26 Å². The van der Waals surface area contributed by atoms with Crippen molar-refractivity contribution in [3.05, 3.63) is 75.8 Å². The summed E-state index contributed by atoms with van der Waals surface area (Å²) in [5, 5.41) is 13.6. The number of carbonyl (C=O) groups is 1. The molecule has 0 fully saturated rings. The summed E-state index contributed by atoms with van der Waals surface area (Å²) in [5.41, 5.74) is 1.31. The Morgan fingerprint density at radius 2 is 2.03 bits per heavy atom. The zero-order valence-corrected chi connectivity index (χ0v) is 20.7. The first-order valence-corrected chi connectivity index (χ1v) is 11.7. The topological polar surface area (TPSA) is 103 Å². The number of H-pyrrole nitrogens is 1. The van der Waals surface area contributed by atoms with Crippen LogP contribution >= 0.6 is 11.6 Å². The Hall–Kier alpha value is -4.24. The molecule has 0 bridgehead atoms. The molecular formula is C25H18ClF4N7O. The molecule has 3 aromatic heterocycles. The zero-order valence-electron chi connectivity index (χ0n) is 19.9. The van der Waals surface area contributed by atoms with Crippen molar-refractivity contribution in [2.75, 3.05) is 6.54 Å². The number of halogens is 5. The second-order valence-electron chi connectivity index (χ2n) is 8.78. The van der Waals surface area contributed by atoms with Gasteiger partial charge in [-0.25, -0.2) is 9.37 Å². The van der Waals surface area contributed by atoms with Crippen LogP contribution < -0.4 is 0 Å². The van der Waals surface area contributed by atoms with Crippen LogP contribution in [0.3, 0.4) is 0 Å². The average molecular weight is 544 g/mol. The fourth-order valence-corrected chi connectivity index (χ4v) is 4.98. The van der Waals surface area contributed by atoms with Crippen molar-refractivity contribution in [1.82, 2.24) is 29.6 Å². The van der Waals surface area contributed by atoms with Crippen LogP contribution in [0.5, 0.6) is 0 Å². The first kappa shape index (κ1) is 25.4. The van der Waals surface area contributed by atoms with Gasteiger partial charge in [-0.05, 0) is 31.5 Å². The molecule has 0 radical (unpaired) electrons. The number of aromatic nitrogens is 5. The van der Waals surface area contributed by atoms with Crippen LogP contribution in [0.25, 0.3) is 22.5 Å². The molecule has 1 amide bonds. The molecule has 0 aliphatic carbocycles. The molecule has 38 heavy (non-hydrogen) atoms. The number of nitriles is 1. The predicted molar refractivity (Wildman–Crippen MR) is 128 cm³/mol. The molecule has 1 N–H and O–H groups in total. The molecule has 1 aromatic carbocycles. The number of fused-ring (bicyclic) bond motifs is 1. The lowest BCUT2D eigenvalue weighted by Gasteiger charge is -2.33. The van der Waals surface area contributed by atoms with Crippen LogP contribution in [-0.4, -0.2) is 42.1 Å². The number of carbonyl (C=O) groups excluding carboxylic acids is 1. The molecule has 5 rings (SSSR count). The first-order valence-electron chi connectivity index (χ1n) is 11.3. The number of nitrogens with zero attached hydrogens (tertiary/aromatic N) is 6. The third kappa shape index (κ3) is 4.28. The van der Waals surface area contributed by atoms with E-state index in [1.165, 1.54) is 34.1 Å². The smallest absolute Gasteiger partial charge is 0.352 e. The van der Waals surface area contributed by atoms with E-state index in [1.807, 2.05) is 6.07 Å². The summed E-state index contributed by atoms with van der Waals surface area (Å²) in [5.74, 6) is -1.21. The van der Waals surface area contributed by atoms with E-state index in [9.17, 15) is 22.4 Å². The Kier molecular flexibility index (Phi) is 6.19. The Labute approximate surface area is 218 Å². The second kappa shape index (κ2) is 9.25. The number of nitrogens with one attached hydrogen (secondary N) is 1. The monoisotopic (exact) mass is 543 g/mol. The molecule has 8 nitrogen and oxygen atoms in total. The Balaban J connectivity index is 1.50. The van der Waals surface area contributed by atoms with Gasteiger partial charge < -0.3 is 9.88 Å². The van der Waals surface area contributed by atoms with E-state index in [4.69, 9.17) is 16.9 Å². The van der Waals surface area contributed by atoms with Gasteiger partial charge in [-0.2, -0.15) is 23.5 Å². The van der Waals surface area contributed by atoms with Gasteiger partial charge in [0.25, 0.3) is 5.91 Å². The van der Waals surface area contributed by atoms with Crippen LogP contribution in [-0.2, 0) is 19.6 Å². The molecule has 0 unspecified atom stereocenters. The number of hydrogen-bond donors (Lipinski definition) is 1. The summed E-state index contributed by atoms with van der Waals surface area (Å²) in [6.45, 7) is 1.91. The lowest BCUT2D eigenvalue weighted by Crippen LogP contribution is -2.39. The van der Waals surface area contributed by atoms with E-state index >= 15 is 0 Å². The number of aromatic amines is 1. The maximum atomic E-state index is 14.6. The largest absolute Gasteiger partial charge is 0.434 e. The molecule has 4 aromatic rings. The zero-order chi connectivity index (χ0) is 27.4. The quantitative estimate of drug-likeness (QED) is 0.353. The van der Waals surface area contributed by atoms with Gasteiger partial charge in [0.05, 0.1) is 40.4 Å². The summed E-state index contributed by atoms with van der Waals surface area (Å²) in [6.07, 6.45) is -0.995. The van der Waals surface area contributed by atoms with Gasteiger partial charge in [0.2, 0.25) is 0 Å². The standard InChI is InChI=1S/C25H18ClF4N7O/c1-12-22-16(23(36(2)35-22)19-10-32-11-20(34-19)25(28,29)30)3-4-37(12)24(38)18-7-14(27)6-17(21(18)26)13-5-15(8-31)33-9-13/h5-7,9-12,33H,3-4H2,1-2H3/t12-/m0/s1. The minimum atomic E-state index is -4.65. The molecule has 1 aliphatic heterocycles. The summed E-state index contributed by atoms with van der Waals surface area (Å²) < 4.78 is 55.6. The van der Waals surface area contributed by atoms with Crippen molar-refractivity contribution < 1.29 is 22.4 Å². The van der Waals surface area contributed by atoms with E-state index in [0.717, 1.165) is 6.07 Å². The normalized spacial score (nSPS) is 15.3. The average Bonchev–Trinajstić information content (AvgIpc) is 3.49. The van der Waals surface area contributed by atoms with Crippen LogP contribution in [0, 0.1) is 17.1 Å². The Morgan fingerprint density at radius 1 is 1.26 bits per heavy atom. The molecular weight excluding hydrogens is 526 g/mol. The van der Waals surface area contributed by atoms with E-state index in [1.54, 1.807) is 14.0 Å². The van der Waals surface area contributed by atoms with Gasteiger partial charge in [0.1, 0.15) is 23.3 Å². The molecule has 0 saturated heterocycles. The lowest BCUT2D eigenvalue weighted by molar-refractivity contribution is -0.141. The van der Waals surface area contributed by atoms with Gasteiger partial charge in [-0.15, -0.1) is 0 Å². The minimum Gasteiger partial charge on any atom is -0.352 e. The summed E-state index contributed by atoms with van der Waals surface area (Å²) in [4.78, 5) is 25.3. The second-order valence-corrected chi connectivity index (χ2v) is 9.15. The summed E-state index contributed by atoms with van der Waals surface area (Å²) in [6, 6.07) is 5.08. The Bertz CT molecular complexity index is 1620.